The van der Waals surface area contributed by atoms with Crippen LogP contribution < -0.4 is 0 Å². The molecule has 0 spiro atoms. The fraction of sp³-hybridized carbons (Fsp3) is 0.780. The van der Waals surface area contributed by atoms with Crippen LogP contribution >= 0.6 is 0 Å². The van der Waals surface area contributed by atoms with E-state index < -0.39 is 6.10 Å². The molecule has 0 N–H and O–H groups in total. The van der Waals surface area contributed by atoms with E-state index in [1.54, 1.807) is 0 Å². The Hall–Kier alpha value is -2.89. The van der Waals surface area contributed by atoms with Crippen molar-refractivity contribution in [3.8, 4) is 0 Å². The first-order valence-electron chi connectivity index (χ1n) is 27.8. The molecule has 0 saturated heterocycles. The number of hydrogen-bond donors (Lipinski definition) is 0. The van der Waals surface area contributed by atoms with Crippen molar-refractivity contribution in [2.45, 2.75) is 284 Å². The highest BCUT2D eigenvalue weighted by molar-refractivity contribution is 5.71. The van der Waals surface area contributed by atoms with E-state index >= 15 is 0 Å². The van der Waals surface area contributed by atoms with Gasteiger partial charge in [-0.1, -0.05) is 210 Å². The van der Waals surface area contributed by atoms with Crippen LogP contribution in [0.15, 0.2) is 60.8 Å². The summed E-state index contributed by atoms with van der Waals surface area (Å²) in [5, 5.41) is 0. The summed E-state index contributed by atoms with van der Waals surface area (Å²) in [5.41, 5.74) is 0. The lowest BCUT2D eigenvalue weighted by atomic mass is 10.1. The molecule has 6 nitrogen and oxygen atoms in total. The van der Waals surface area contributed by atoms with Crippen LogP contribution in [0.25, 0.3) is 0 Å². The zero-order valence-electron chi connectivity index (χ0n) is 43.0. The molecule has 0 rings (SSSR count). The molecule has 376 valence electrons. The van der Waals surface area contributed by atoms with E-state index in [1.807, 2.05) is 0 Å². The number of rotatable bonds is 50. The summed E-state index contributed by atoms with van der Waals surface area (Å²) in [6.07, 6.45) is 66.3. The van der Waals surface area contributed by atoms with Gasteiger partial charge in [-0.2, -0.15) is 0 Å². The predicted octanol–water partition coefficient (Wildman–Crippen LogP) is 18.4. The molecule has 0 amide bonds. The number of allylic oxidation sites excluding steroid dienone is 10. The van der Waals surface area contributed by atoms with Gasteiger partial charge in [0.2, 0.25) is 0 Å². The molecule has 65 heavy (non-hydrogen) atoms. The van der Waals surface area contributed by atoms with Gasteiger partial charge in [0.05, 0.1) is 0 Å². The third-order valence-corrected chi connectivity index (χ3v) is 12.0. The minimum atomic E-state index is -0.787. The predicted molar refractivity (Wildman–Crippen MR) is 279 cm³/mol. The molecule has 0 aromatic rings. The van der Waals surface area contributed by atoms with E-state index in [0.29, 0.717) is 19.3 Å². The lowest BCUT2D eigenvalue weighted by Gasteiger charge is -2.18. The first-order chi connectivity index (χ1) is 32.0. The molecular formula is C59H104O6. The summed E-state index contributed by atoms with van der Waals surface area (Å²) in [6.45, 7) is 6.57. The van der Waals surface area contributed by atoms with Crippen molar-refractivity contribution in [1.82, 2.24) is 0 Å². The first kappa shape index (κ1) is 62.1. The van der Waals surface area contributed by atoms with E-state index in [0.717, 1.165) is 103 Å². The Balaban J connectivity index is 4.42. The third kappa shape index (κ3) is 51.9. The highest BCUT2D eigenvalue weighted by Crippen LogP contribution is 2.14. The van der Waals surface area contributed by atoms with Crippen LogP contribution in [0.1, 0.15) is 278 Å². The quantitative estimate of drug-likeness (QED) is 0.0262. The number of carbonyl (C=O) groups excluding carboxylic acids is 3. The maximum absolute atomic E-state index is 12.8. The van der Waals surface area contributed by atoms with E-state index in [-0.39, 0.29) is 31.1 Å². The zero-order chi connectivity index (χ0) is 47.2. The Kier molecular flexibility index (Phi) is 51.3. The van der Waals surface area contributed by atoms with Gasteiger partial charge in [0.25, 0.3) is 0 Å². The average Bonchev–Trinajstić information content (AvgIpc) is 3.30. The van der Waals surface area contributed by atoms with Crippen LogP contribution in [-0.4, -0.2) is 37.2 Å². The van der Waals surface area contributed by atoms with Crippen molar-refractivity contribution in [1.29, 1.82) is 0 Å². The van der Waals surface area contributed by atoms with Crippen molar-refractivity contribution in [3.63, 3.8) is 0 Å². The van der Waals surface area contributed by atoms with Crippen molar-refractivity contribution >= 4 is 17.9 Å². The number of carbonyl (C=O) groups is 3. The standard InChI is InChI=1S/C59H104O6/c1-4-7-10-13-16-19-22-25-28-29-32-34-37-40-43-46-49-52-58(61)64-55-56(65-59(62)53-50-47-44-41-38-35-31-27-24-21-18-15-12-9-6-3)54-63-57(60)51-48-45-42-39-36-33-30-26-23-20-17-14-11-8-5-2/h16-17,19-20,25-28,30-31,56H,4-15,18,21-24,29,32-55H2,1-3H3/t56-/m1/s1. The van der Waals surface area contributed by atoms with Crippen molar-refractivity contribution < 1.29 is 28.6 Å². The van der Waals surface area contributed by atoms with Crippen molar-refractivity contribution in [3.05, 3.63) is 60.8 Å². The van der Waals surface area contributed by atoms with Gasteiger partial charge >= 0.3 is 17.9 Å². The summed E-state index contributed by atoms with van der Waals surface area (Å²) < 4.78 is 16.8. The van der Waals surface area contributed by atoms with Crippen LogP contribution in [0, 0.1) is 0 Å². The lowest BCUT2D eigenvalue weighted by Crippen LogP contribution is -2.30. The van der Waals surface area contributed by atoms with Gasteiger partial charge in [-0.3, -0.25) is 14.4 Å². The molecule has 0 aromatic carbocycles. The summed E-state index contributed by atoms with van der Waals surface area (Å²) >= 11 is 0. The number of hydrogen-bond acceptors (Lipinski definition) is 6. The molecule has 0 aliphatic heterocycles. The number of ether oxygens (including phenoxy) is 3. The van der Waals surface area contributed by atoms with Gasteiger partial charge < -0.3 is 14.2 Å². The molecule has 0 bridgehead atoms. The molecule has 0 heterocycles. The molecule has 1 atom stereocenters. The van der Waals surface area contributed by atoms with Gasteiger partial charge in [-0.05, 0) is 109 Å². The summed E-state index contributed by atoms with van der Waals surface area (Å²) in [7, 11) is 0. The average molecular weight is 909 g/mol. The molecule has 0 radical (unpaired) electrons. The summed E-state index contributed by atoms with van der Waals surface area (Å²) in [5.74, 6) is -0.908. The summed E-state index contributed by atoms with van der Waals surface area (Å²) in [4.78, 5) is 38.1. The van der Waals surface area contributed by atoms with E-state index in [9.17, 15) is 14.4 Å². The minimum Gasteiger partial charge on any atom is -0.462 e. The van der Waals surface area contributed by atoms with Crippen LogP contribution in [-0.2, 0) is 28.6 Å². The lowest BCUT2D eigenvalue weighted by molar-refractivity contribution is -0.167. The molecule has 0 aliphatic carbocycles. The second kappa shape index (κ2) is 53.7. The fourth-order valence-electron chi connectivity index (χ4n) is 7.73. The Morgan fingerprint density at radius 1 is 0.308 bits per heavy atom. The van der Waals surface area contributed by atoms with Crippen molar-refractivity contribution in [2.24, 2.45) is 0 Å². The van der Waals surface area contributed by atoms with E-state index in [1.165, 1.54) is 135 Å². The Bertz CT molecular complexity index is 1180. The van der Waals surface area contributed by atoms with Crippen LogP contribution in [0.5, 0.6) is 0 Å². The molecule has 6 heteroatoms. The molecule has 0 aromatic heterocycles. The minimum absolute atomic E-state index is 0.0857. The summed E-state index contributed by atoms with van der Waals surface area (Å²) in [6, 6.07) is 0. The Morgan fingerprint density at radius 3 is 0.892 bits per heavy atom. The largest absolute Gasteiger partial charge is 0.462 e. The van der Waals surface area contributed by atoms with Gasteiger partial charge in [-0.15, -0.1) is 0 Å². The van der Waals surface area contributed by atoms with Gasteiger partial charge in [0.1, 0.15) is 13.2 Å². The second-order valence-corrected chi connectivity index (χ2v) is 18.5. The van der Waals surface area contributed by atoms with Crippen LogP contribution in [0.4, 0.5) is 0 Å². The van der Waals surface area contributed by atoms with E-state index in [4.69, 9.17) is 14.2 Å². The maximum atomic E-state index is 12.8. The van der Waals surface area contributed by atoms with Crippen LogP contribution in [0.3, 0.4) is 0 Å². The maximum Gasteiger partial charge on any atom is 0.306 e. The molecule has 0 fully saturated rings. The highest BCUT2D eigenvalue weighted by Gasteiger charge is 2.19. The molecule has 0 unspecified atom stereocenters. The molecule has 0 saturated carbocycles. The topological polar surface area (TPSA) is 78.9 Å². The first-order valence-corrected chi connectivity index (χ1v) is 27.8. The molecule has 0 aliphatic rings. The van der Waals surface area contributed by atoms with Gasteiger partial charge in [-0.25, -0.2) is 0 Å². The third-order valence-electron chi connectivity index (χ3n) is 12.0. The second-order valence-electron chi connectivity index (χ2n) is 18.5. The van der Waals surface area contributed by atoms with E-state index in [2.05, 4.69) is 81.5 Å². The van der Waals surface area contributed by atoms with Crippen molar-refractivity contribution in [2.75, 3.05) is 13.2 Å². The number of unbranched alkanes of at least 4 members (excludes halogenated alkanes) is 29. The van der Waals surface area contributed by atoms with Crippen LogP contribution in [0.2, 0.25) is 0 Å². The zero-order valence-corrected chi connectivity index (χ0v) is 43.0. The smallest absolute Gasteiger partial charge is 0.306 e. The Labute approximate surface area is 402 Å². The monoisotopic (exact) mass is 909 g/mol. The highest BCUT2D eigenvalue weighted by atomic mass is 16.6. The number of esters is 3. The molecular weight excluding hydrogens is 805 g/mol. The van der Waals surface area contributed by atoms with Gasteiger partial charge in [0, 0.05) is 19.3 Å². The fourth-order valence-corrected chi connectivity index (χ4v) is 7.73. The van der Waals surface area contributed by atoms with Gasteiger partial charge in [0.15, 0.2) is 6.10 Å². The SMILES string of the molecule is CCCCCC=CCC=CCCCCCCCCCC(=O)OC[C@@H](COC(=O)CCCCCCCC=CCC=CCCCCC)OC(=O)CCCCCCCC=CCCCCCCCC. The normalized spacial score (nSPS) is 12.5. The Morgan fingerprint density at radius 2 is 0.554 bits per heavy atom.